The fourth-order valence-electron chi connectivity index (χ4n) is 2.68. The van der Waals surface area contributed by atoms with Gasteiger partial charge in [0.2, 0.25) is 0 Å². The van der Waals surface area contributed by atoms with Crippen molar-refractivity contribution in [2.24, 2.45) is 0 Å². The Hall–Kier alpha value is -3.34. The first-order chi connectivity index (χ1) is 11.7. The van der Waals surface area contributed by atoms with Gasteiger partial charge in [-0.3, -0.25) is 0 Å². The summed E-state index contributed by atoms with van der Waals surface area (Å²) in [5, 5.41) is 24.8. The zero-order valence-corrected chi connectivity index (χ0v) is 12.8. The van der Waals surface area contributed by atoms with E-state index in [1.165, 1.54) is 0 Å². The standard InChI is InChI=1S/C19H15N3O2/c23-15-5-1-3-12-7-9-14(21-18(12)15)11-20-17-10-8-13-4-2-6-16(24)19(13)22-17/h1-10,23-24H,11H2,(H,20,22). The second-order valence-corrected chi connectivity index (χ2v) is 5.55. The van der Waals surface area contributed by atoms with Crippen LogP contribution in [-0.2, 0) is 6.54 Å². The van der Waals surface area contributed by atoms with Crippen LogP contribution in [0.3, 0.4) is 0 Å². The number of aromatic nitrogens is 2. The number of hydrogen-bond acceptors (Lipinski definition) is 5. The van der Waals surface area contributed by atoms with Crippen LogP contribution in [0.1, 0.15) is 5.69 Å². The van der Waals surface area contributed by atoms with Gasteiger partial charge in [0.05, 0.1) is 12.2 Å². The zero-order valence-electron chi connectivity index (χ0n) is 12.8. The zero-order chi connectivity index (χ0) is 16.5. The highest BCUT2D eigenvalue weighted by Gasteiger charge is 2.05. The molecule has 4 aromatic rings. The van der Waals surface area contributed by atoms with E-state index in [2.05, 4.69) is 15.3 Å². The third-order valence-electron chi connectivity index (χ3n) is 3.91. The van der Waals surface area contributed by atoms with Crippen LogP contribution in [0.15, 0.2) is 60.7 Å². The van der Waals surface area contributed by atoms with Crippen molar-refractivity contribution in [1.29, 1.82) is 0 Å². The Kier molecular flexibility index (Phi) is 3.39. The summed E-state index contributed by atoms with van der Waals surface area (Å²) in [5.74, 6) is 0.983. The number of phenolic OH excluding ortho intramolecular Hbond substituents is 2. The van der Waals surface area contributed by atoms with Gasteiger partial charge in [-0.05, 0) is 30.3 Å². The van der Waals surface area contributed by atoms with Gasteiger partial charge < -0.3 is 15.5 Å². The van der Waals surface area contributed by atoms with Gasteiger partial charge in [0.25, 0.3) is 0 Å². The van der Waals surface area contributed by atoms with Crippen LogP contribution >= 0.6 is 0 Å². The lowest BCUT2D eigenvalue weighted by Crippen LogP contribution is -2.03. The lowest BCUT2D eigenvalue weighted by atomic mass is 10.2. The van der Waals surface area contributed by atoms with Crippen molar-refractivity contribution in [3.8, 4) is 11.5 Å². The van der Waals surface area contributed by atoms with Crippen molar-refractivity contribution in [3.05, 3.63) is 66.4 Å². The van der Waals surface area contributed by atoms with Crippen LogP contribution in [0, 0.1) is 0 Å². The van der Waals surface area contributed by atoms with E-state index < -0.39 is 0 Å². The molecule has 0 spiro atoms. The molecular formula is C19H15N3O2. The Morgan fingerprint density at radius 3 is 2.04 bits per heavy atom. The van der Waals surface area contributed by atoms with Crippen LogP contribution in [0.4, 0.5) is 5.82 Å². The van der Waals surface area contributed by atoms with Gasteiger partial charge in [-0.25, -0.2) is 9.97 Å². The second kappa shape index (κ2) is 5.70. The van der Waals surface area contributed by atoms with Crippen LogP contribution in [-0.4, -0.2) is 20.2 Å². The molecular weight excluding hydrogens is 302 g/mol. The summed E-state index contributed by atoms with van der Waals surface area (Å²) in [4.78, 5) is 8.91. The minimum absolute atomic E-state index is 0.157. The second-order valence-electron chi connectivity index (χ2n) is 5.55. The summed E-state index contributed by atoms with van der Waals surface area (Å²) in [7, 11) is 0. The van der Waals surface area contributed by atoms with Crippen molar-refractivity contribution in [2.75, 3.05) is 5.32 Å². The molecule has 0 aliphatic heterocycles. The summed E-state index contributed by atoms with van der Waals surface area (Å²) >= 11 is 0. The SMILES string of the molecule is Oc1cccc2ccc(CNc3ccc4cccc(O)c4n3)nc12. The van der Waals surface area contributed by atoms with E-state index in [0.717, 1.165) is 16.5 Å². The Labute approximate surface area is 138 Å². The van der Waals surface area contributed by atoms with Gasteiger partial charge in [-0.2, -0.15) is 0 Å². The molecule has 0 bridgehead atoms. The largest absolute Gasteiger partial charge is 0.506 e. The highest BCUT2D eigenvalue weighted by atomic mass is 16.3. The number of pyridine rings is 2. The maximum atomic E-state index is 9.91. The Morgan fingerprint density at radius 2 is 1.33 bits per heavy atom. The number of nitrogens with one attached hydrogen (secondary N) is 1. The molecule has 5 heteroatoms. The summed E-state index contributed by atoms with van der Waals surface area (Å²) in [5.41, 5.74) is 1.94. The van der Waals surface area contributed by atoms with Crippen molar-refractivity contribution in [2.45, 2.75) is 6.54 Å². The number of phenols is 2. The number of rotatable bonds is 3. The Morgan fingerprint density at radius 1 is 0.708 bits per heavy atom. The number of benzene rings is 2. The molecule has 0 saturated heterocycles. The molecule has 0 fully saturated rings. The fraction of sp³-hybridized carbons (Fsp3) is 0.0526. The third kappa shape index (κ3) is 2.56. The third-order valence-corrected chi connectivity index (χ3v) is 3.91. The van der Waals surface area contributed by atoms with Crippen molar-refractivity contribution >= 4 is 27.6 Å². The molecule has 0 aliphatic rings. The van der Waals surface area contributed by atoms with Crippen LogP contribution in [0.25, 0.3) is 21.8 Å². The normalized spacial score (nSPS) is 11.0. The minimum Gasteiger partial charge on any atom is -0.506 e. The number of nitrogens with zero attached hydrogens (tertiary/aromatic N) is 2. The first kappa shape index (κ1) is 14.3. The van der Waals surface area contributed by atoms with Crippen LogP contribution in [0.2, 0.25) is 0 Å². The van der Waals surface area contributed by atoms with Crippen LogP contribution < -0.4 is 5.32 Å². The van der Waals surface area contributed by atoms with E-state index in [9.17, 15) is 10.2 Å². The van der Waals surface area contributed by atoms with E-state index in [1.54, 1.807) is 24.3 Å². The van der Waals surface area contributed by atoms with Gasteiger partial charge in [-0.15, -0.1) is 0 Å². The molecule has 2 aromatic heterocycles. The van der Waals surface area contributed by atoms with E-state index in [-0.39, 0.29) is 11.5 Å². The van der Waals surface area contributed by atoms with E-state index in [0.29, 0.717) is 23.4 Å². The van der Waals surface area contributed by atoms with Gasteiger partial charge >= 0.3 is 0 Å². The summed E-state index contributed by atoms with van der Waals surface area (Å²) in [6.07, 6.45) is 0. The number of anilines is 1. The van der Waals surface area contributed by atoms with Gasteiger partial charge in [0.15, 0.2) is 0 Å². The topological polar surface area (TPSA) is 78.3 Å². The number of para-hydroxylation sites is 2. The molecule has 24 heavy (non-hydrogen) atoms. The molecule has 2 aromatic carbocycles. The Balaban J connectivity index is 1.60. The highest BCUT2D eigenvalue weighted by molar-refractivity contribution is 5.86. The summed E-state index contributed by atoms with van der Waals surface area (Å²) < 4.78 is 0. The quantitative estimate of drug-likeness (QED) is 0.535. The molecule has 0 amide bonds. The maximum absolute atomic E-state index is 9.91. The van der Waals surface area contributed by atoms with E-state index in [4.69, 9.17) is 0 Å². The molecule has 5 nitrogen and oxygen atoms in total. The molecule has 118 valence electrons. The predicted molar refractivity (Wildman–Crippen MR) is 94.1 cm³/mol. The monoisotopic (exact) mass is 317 g/mol. The minimum atomic E-state index is 0.157. The molecule has 3 N–H and O–H groups in total. The summed E-state index contributed by atoms with van der Waals surface area (Å²) in [6, 6.07) is 18.2. The van der Waals surface area contributed by atoms with Gasteiger partial charge in [0.1, 0.15) is 28.4 Å². The average molecular weight is 317 g/mol. The molecule has 0 atom stereocenters. The number of fused-ring (bicyclic) bond motifs is 2. The van der Waals surface area contributed by atoms with Gasteiger partial charge in [0, 0.05) is 10.8 Å². The lowest BCUT2D eigenvalue weighted by molar-refractivity contribution is 0.479. The summed E-state index contributed by atoms with van der Waals surface area (Å²) in [6.45, 7) is 0.469. The first-order valence-corrected chi connectivity index (χ1v) is 7.61. The maximum Gasteiger partial charge on any atom is 0.141 e. The average Bonchev–Trinajstić information content (AvgIpc) is 2.61. The molecule has 2 heterocycles. The van der Waals surface area contributed by atoms with E-state index in [1.807, 2.05) is 36.4 Å². The van der Waals surface area contributed by atoms with Crippen molar-refractivity contribution in [3.63, 3.8) is 0 Å². The Bertz CT molecular complexity index is 962. The first-order valence-electron chi connectivity index (χ1n) is 7.61. The molecule has 4 rings (SSSR count). The van der Waals surface area contributed by atoms with Gasteiger partial charge in [-0.1, -0.05) is 30.3 Å². The molecule has 0 saturated carbocycles. The van der Waals surface area contributed by atoms with Crippen molar-refractivity contribution < 1.29 is 10.2 Å². The molecule has 0 aliphatic carbocycles. The van der Waals surface area contributed by atoms with Crippen LogP contribution in [0.5, 0.6) is 11.5 Å². The van der Waals surface area contributed by atoms with Crippen molar-refractivity contribution in [1.82, 2.24) is 9.97 Å². The predicted octanol–water partition coefficient (Wildman–Crippen LogP) is 3.81. The highest BCUT2D eigenvalue weighted by Crippen LogP contribution is 2.25. The number of hydrogen-bond donors (Lipinski definition) is 3. The molecule has 0 radical (unpaired) electrons. The number of aromatic hydroxyl groups is 2. The fourth-order valence-corrected chi connectivity index (χ4v) is 2.68. The smallest absolute Gasteiger partial charge is 0.141 e. The molecule has 0 unspecified atom stereocenters. The van der Waals surface area contributed by atoms with E-state index >= 15 is 0 Å². The lowest BCUT2D eigenvalue weighted by Gasteiger charge is -2.08.